The maximum Gasteiger partial charge on any atom is 0.224 e. The van der Waals surface area contributed by atoms with Crippen LogP contribution in [0.3, 0.4) is 0 Å². The second-order valence-electron chi connectivity index (χ2n) is 6.27. The lowest BCUT2D eigenvalue weighted by Crippen LogP contribution is -2.49. The van der Waals surface area contributed by atoms with Gasteiger partial charge in [0.15, 0.2) is 0 Å². The van der Waals surface area contributed by atoms with E-state index in [0.29, 0.717) is 30.5 Å². The normalized spacial score (nSPS) is 14.8. The predicted molar refractivity (Wildman–Crippen MR) is 105 cm³/mol. The number of rotatable bonds is 8. The van der Waals surface area contributed by atoms with Gasteiger partial charge in [-0.1, -0.05) is 11.6 Å². The van der Waals surface area contributed by atoms with Crippen molar-refractivity contribution in [2.45, 2.75) is 6.42 Å². The molecule has 2 heterocycles. The SMILES string of the molecule is O=C(CCNc1ncccn1)N1CCN(CCOc2ccc(Cl)cc2)CC1. The van der Waals surface area contributed by atoms with Gasteiger partial charge in [0.25, 0.3) is 0 Å². The molecule has 7 nitrogen and oxygen atoms in total. The van der Waals surface area contributed by atoms with Crippen LogP contribution in [0.1, 0.15) is 6.42 Å². The van der Waals surface area contributed by atoms with Crippen LogP contribution in [0.15, 0.2) is 42.7 Å². The number of piperazine rings is 1. The number of nitrogens with one attached hydrogen (secondary N) is 1. The molecule has 0 atom stereocenters. The lowest BCUT2D eigenvalue weighted by molar-refractivity contribution is -0.132. The Morgan fingerprint density at radius 1 is 1.11 bits per heavy atom. The number of benzene rings is 1. The molecule has 8 heteroatoms. The van der Waals surface area contributed by atoms with Crippen LogP contribution in [-0.4, -0.2) is 71.6 Å². The van der Waals surface area contributed by atoms with E-state index in [0.717, 1.165) is 38.5 Å². The van der Waals surface area contributed by atoms with E-state index in [-0.39, 0.29) is 5.91 Å². The van der Waals surface area contributed by atoms with E-state index in [2.05, 4.69) is 20.2 Å². The zero-order valence-electron chi connectivity index (χ0n) is 15.2. The highest BCUT2D eigenvalue weighted by Crippen LogP contribution is 2.15. The Labute approximate surface area is 164 Å². The van der Waals surface area contributed by atoms with E-state index in [9.17, 15) is 4.79 Å². The Balaban J connectivity index is 1.30. The second kappa shape index (κ2) is 10.1. The largest absolute Gasteiger partial charge is 0.492 e. The summed E-state index contributed by atoms with van der Waals surface area (Å²) in [6, 6.07) is 9.14. The van der Waals surface area contributed by atoms with Crippen LogP contribution in [0.2, 0.25) is 5.02 Å². The highest BCUT2D eigenvalue weighted by atomic mass is 35.5. The summed E-state index contributed by atoms with van der Waals surface area (Å²) in [5.41, 5.74) is 0. The standard InChI is InChI=1S/C19H24ClN5O2/c20-16-2-4-17(5-3-16)27-15-14-24-10-12-25(13-11-24)18(26)6-9-23-19-21-7-1-8-22-19/h1-5,7-8H,6,9-15H2,(H,21,22,23). The maximum absolute atomic E-state index is 12.3. The quantitative estimate of drug-likeness (QED) is 0.746. The number of anilines is 1. The number of ether oxygens (including phenoxy) is 1. The molecule has 144 valence electrons. The summed E-state index contributed by atoms with van der Waals surface area (Å²) in [4.78, 5) is 24.7. The third kappa shape index (κ3) is 6.37. The number of hydrogen-bond donors (Lipinski definition) is 1. The topological polar surface area (TPSA) is 70.6 Å². The second-order valence-corrected chi connectivity index (χ2v) is 6.71. The smallest absolute Gasteiger partial charge is 0.224 e. The molecule has 0 spiro atoms. The van der Waals surface area contributed by atoms with Crippen LogP contribution < -0.4 is 10.1 Å². The molecule has 1 aliphatic rings. The Morgan fingerprint density at radius 3 is 2.52 bits per heavy atom. The van der Waals surface area contributed by atoms with Gasteiger partial charge in [-0.15, -0.1) is 0 Å². The predicted octanol–water partition coefficient (Wildman–Crippen LogP) is 2.16. The molecule has 0 aliphatic carbocycles. The van der Waals surface area contributed by atoms with Gasteiger partial charge in [-0.2, -0.15) is 0 Å². The van der Waals surface area contributed by atoms with Gasteiger partial charge in [0, 0.05) is 63.1 Å². The fourth-order valence-corrected chi connectivity index (χ4v) is 3.00. The van der Waals surface area contributed by atoms with Gasteiger partial charge in [0.1, 0.15) is 12.4 Å². The molecule has 1 aromatic carbocycles. The van der Waals surface area contributed by atoms with Gasteiger partial charge in [-0.05, 0) is 30.3 Å². The molecule has 1 amide bonds. The van der Waals surface area contributed by atoms with E-state index in [1.807, 2.05) is 29.2 Å². The summed E-state index contributed by atoms with van der Waals surface area (Å²) in [5.74, 6) is 1.54. The molecular formula is C19H24ClN5O2. The fourth-order valence-electron chi connectivity index (χ4n) is 2.87. The first kappa shape index (κ1) is 19.4. The molecule has 0 bridgehead atoms. The summed E-state index contributed by atoms with van der Waals surface area (Å²) in [5, 5.41) is 3.77. The summed E-state index contributed by atoms with van der Waals surface area (Å²) >= 11 is 5.86. The fraction of sp³-hybridized carbons (Fsp3) is 0.421. The number of amides is 1. The van der Waals surface area contributed by atoms with E-state index < -0.39 is 0 Å². The number of carbonyl (C=O) groups excluding carboxylic acids is 1. The molecule has 0 unspecified atom stereocenters. The Kier molecular flexibility index (Phi) is 7.24. The Hall–Kier alpha value is -2.38. The zero-order valence-corrected chi connectivity index (χ0v) is 15.9. The average molecular weight is 390 g/mol. The lowest BCUT2D eigenvalue weighted by Gasteiger charge is -2.34. The van der Waals surface area contributed by atoms with E-state index in [1.54, 1.807) is 18.5 Å². The lowest BCUT2D eigenvalue weighted by atomic mass is 10.2. The molecule has 1 aromatic heterocycles. The van der Waals surface area contributed by atoms with Crippen LogP contribution in [0.4, 0.5) is 5.95 Å². The number of aromatic nitrogens is 2. The molecular weight excluding hydrogens is 366 g/mol. The first-order chi connectivity index (χ1) is 13.2. The summed E-state index contributed by atoms with van der Waals surface area (Å²) < 4.78 is 5.73. The average Bonchev–Trinajstić information content (AvgIpc) is 2.71. The Bertz CT molecular complexity index is 706. The molecule has 3 rings (SSSR count). The first-order valence-electron chi connectivity index (χ1n) is 9.10. The van der Waals surface area contributed by atoms with Crippen molar-refractivity contribution in [2.75, 3.05) is 51.2 Å². The summed E-state index contributed by atoms with van der Waals surface area (Å²) in [6.45, 7) is 5.24. The molecule has 1 N–H and O–H groups in total. The molecule has 0 radical (unpaired) electrons. The van der Waals surface area contributed by atoms with Crippen molar-refractivity contribution in [3.05, 3.63) is 47.7 Å². The van der Waals surface area contributed by atoms with Gasteiger partial charge in [0.05, 0.1) is 0 Å². The molecule has 1 saturated heterocycles. The first-order valence-corrected chi connectivity index (χ1v) is 9.48. The van der Waals surface area contributed by atoms with Crippen molar-refractivity contribution < 1.29 is 9.53 Å². The number of halogens is 1. The van der Waals surface area contributed by atoms with Gasteiger partial charge in [0.2, 0.25) is 11.9 Å². The molecule has 1 aliphatic heterocycles. The summed E-state index contributed by atoms with van der Waals surface area (Å²) in [7, 11) is 0. The minimum atomic E-state index is 0.162. The van der Waals surface area contributed by atoms with Crippen LogP contribution in [0.5, 0.6) is 5.75 Å². The van der Waals surface area contributed by atoms with Crippen molar-refractivity contribution >= 4 is 23.5 Å². The van der Waals surface area contributed by atoms with Crippen LogP contribution in [0.25, 0.3) is 0 Å². The van der Waals surface area contributed by atoms with E-state index in [4.69, 9.17) is 16.3 Å². The van der Waals surface area contributed by atoms with Crippen molar-refractivity contribution in [2.24, 2.45) is 0 Å². The zero-order chi connectivity index (χ0) is 18.9. The molecule has 1 fully saturated rings. The Morgan fingerprint density at radius 2 is 1.81 bits per heavy atom. The van der Waals surface area contributed by atoms with E-state index in [1.165, 1.54) is 0 Å². The van der Waals surface area contributed by atoms with Crippen LogP contribution >= 0.6 is 11.6 Å². The molecule has 2 aromatic rings. The van der Waals surface area contributed by atoms with Gasteiger partial charge >= 0.3 is 0 Å². The van der Waals surface area contributed by atoms with Gasteiger partial charge < -0.3 is 15.0 Å². The third-order valence-corrected chi connectivity index (χ3v) is 4.65. The van der Waals surface area contributed by atoms with Crippen molar-refractivity contribution in [1.82, 2.24) is 19.8 Å². The molecule has 27 heavy (non-hydrogen) atoms. The summed E-state index contributed by atoms with van der Waals surface area (Å²) in [6.07, 6.45) is 3.79. The van der Waals surface area contributed by atoms with Gasteiger partial charge in [-0.3, -0.25) is 9.69 Å². The van der Waals surface area contributed by atoms with E-state index >= 15 is 0 Å². The monoisotopic (exact) mass is 389 g/mol. The van der Waals surface area contributed by atoms with Crippen molar-refractivity contribution in [1.29, 1.82) is 0 Å². The number of carbonyl (C=O) groups is 1. The van der Waals surface area contributed by atoms with Crippen molar-refractivity contribution in [3.63, 3.8) is 0 Å². The minimum absolute atomic E-state index is 0.162. The van der Waals surface area contributed by atoms with Crippen LogP contribution in [-0.2, 0) is 4.79 Å². The highest BCUT2D eigenvalue weighted by Gasteiger charge is 2.20. The van der Waals surface area contributed by atoms with Crippen molar-refractivity contribution in [3.8, 4) is 5.75 Å². The third-order valence-electron chi connectivity index (χ3n) is 4.40. The number of nitrogens with zero attached hydrogens (tertiary/aromatic N) is 4. The maximum atomic E-state index is 12.3. The minimum Gasteiger partial charge on any atom is -0.492 e. The number of hydrogen-bond acceptors (Lipinski definition) is 6. The highest BCUT2D eigenvalue weighted by molar-refractivity contribution is 6.30. The van der Waals surface area contributed by atoms with Crippen LogP contribution in [0, 0.1) is 0 Å². The van der Waals surface area contributed by atoms with Gasteiger partial charge in [-0.25, -0.2) is 9.97 Å². The molecule has 0 saturated carbocycles.